The molecule has 0 aliphatic rings. The van der Waals surface area contributed by atoms with Crippen molar-refractivity contribution in [2.75, 3.05) is 13.1 Å². The second kappa shape index (κ2) is 14.2. The number of nitrogens with two attached hydrogens (primary N) is 2. The fraction of sp³-hybridized carbons (Fsp3) is 0.520. The average Bonchev–Trinajstić information content (AvgIpc) is 3.27. The van der Waals surface area contributed by atoms with Crippen LogP contribution in [0.5, 0.6) is 0 Å². The Morgan fingerprint density at radius 3 is 2.47 bits per heavy atom. The molecule has 4 atom stereocenters. The number of carboxylic acid groups (broad SMARTS) is 1. The van der Waals surface area contributed by atoms with E-state index in [1.807, 2.05) is 37.4 Å². The van der Waals surface area contributed by atoms with E-state index in [4.69, 9.17) is 11.5 Å². The van der Waals surface area contributed by atoms with Crippen LogP contribution in [0.2, 0.25) is 0 Å². The van der Waals surface area contributed by atoms with E-state index in [0.717, 1.165) is 16.5 Å². The van der Waals surface area contributed by atoms with Gasteiger partial charge in [-0.05, 0) is 49.8 Å². The van der Waals surface area contributed by atoms with Crippen molar-refractivity contribution in [1.82, 2.24) is 20.9 Å². The van der Waals surface area contributed by atoms with E-state index >= 15 is 0 Å². The Hall–Kier alpha value is -3.44. The molecule has 4 unspecified atom stereocenters. The number of benzene rings is 1. The van der Waals surface area contributed by atoms with E-state index < -0.39 is 48.4 Å². The van der Waals surface area contributed by atoms with Gasteiger partial charge in [-0.15, -0.1) is 0 Å². The summed E-state index contributed by atoms with van der Waals surface area (Å²) in [7, 11) is 0. The van der Waals surface area contributed by atoms with Gasteiger partial charge in [0.25, 0.3) is 0 Å². The minimum absolute atomic E-state index is 0.274. The molecule has 36 heavy (non-hydrogen) atoms. The van der Waals surface area contributed by atoms with Crippen LogP contribution in [-0.2, 0) is 25.6 Å². The van der Waals surface area contributed by atoms with Crippen molar-refractivity contribution in [3.8, 4) is 0 Å². The summed E-state index contributed by atoms with van der Waals surface area (Å²) in [6, 6.07) is 4.84. The Balaban J connectivity index is 1.97. The monoisotopic (exact) mass is 502 g/mol. The van der Waals surface area contributed by atoms with E-state index in [-0.39, 0.29) is 12.3 Å². The third kappa shape index (κ3) is 8.35. The first kappa shape index (κ1) is 28.8. The number of carbonyl (C=O) groups is 4. The minimum atomic E-state index is -1.14. The van der Waals surface area contributed by atoms with Crippen LogP contribution in [0.25, 0.3) is 10.9 Å². The summed E-state index contributed by atoms with van der Waals surface area (Å²) in [5.74, 6) is -3.08. The van der Waals surface area contributed by atoms with Crippen LogP contribution in [0.15, 0.2) is 30.5 Å². The molecule has 198 valence electrons. The molecule has 0 aliphatic heterocycles. The van der Waals surface area contributed by atoms with Gasteiger partial charge < -0.3 is 37.5 Å². The molecule has 11 nitrogen and oxygen atoms in total. The van der Waals surface area contributed by atoms with Gasteiger partial charge in [0, 0.05) is 17.1 Å². The molecule has 3 amide bonds. The highest BCUT2D eigenvalue weighted by atomic mass is 16.4. The standard InChI is InChI=1S/C25H38N6O5/c1-3-15(2)22(25(35)36)31-21(32)14-29-24(34)20(10-6-7-11-26)30-23(33)18(27)12-16-13-28-19-9-5-4-8-17(16)19/h4-5,8-9,13,15,18,20,22,28H,3,6-7,10-12,14,26-27H2,1-2H3,(H,29,34)(H,30,33)(H,31,32)(H,35,36). The van der Waals surface area contributed by atoms with Crippen molar-refractivity contribution in [2.24, 2.45) is 17.4 Å². The quantitative estimate of drug-likeness (QED) is 0.171. The first-order chi connectivity index (χ1) is 17.2. The first-order valence-electron chi connectivity index (χ1n) is 12.3. The Kier molecular flexibility index (Phi) is 11.4. The van der Waals surface area contributed by atoms with Gasteiger partial charge in [0.1, 0.15) is 12.1 Å². The number of unbranched alkanes of at least 4 members (excludes halogenated alkanes) is 1. The van der Waals surface area contributed by atoms with Crippen LogP contribution >= 0.6 is 0 Å². The molecule has 11 heteroatoms. The number of rotatable bonds is 15. The number of aliphatic carboxylic acids is 1. The first-order valence-corrected chi connectivity index (χ1v) is 12.3. The Morgan fingerprint density at radius 2 is 1.81 bits per heavy atom. The van der Waals surface area contributed by atoms with E-state index in [9.17, 15) is 24.3 Å². The fourth-order valence-corrected chi connectivity index (χ4v) is 3.87. The smallest absolute Gasteiger partial charge is 0.326 e. The van der Waals surface area contributed by atoms with Crippen LogP contribution in [0.3, 0.4) is 0 Å². The predicted molar refractivity (Wildman–Crippen MR) is 137 cm³/mol. The van der Waals surface area contributed by atoms with Crippen LogP contribution in [0.4, 0.5) is 0 Å². The second-order valence-corrected chi connectivity index (χ2v) is 9.00. The summed E-state index contributed by atoms with van der Waals surface area (Å²) in [5.41, 5.74) is 13.5. The van der Waals surface area contributed by atoms with Crippen LogP contribution in [0.1, 0.15) is 45.1 Å². The lowest BCUT2D eigenvalue weighted by Crippen LogP contribution is -2.54. The molecular weight excluding hydrogens is 464 g/mol. The minimum Gasteiger partial charge on any atom is -0.480 e. The SMILES string of the molecule is CCC(C)C(NC(=O)CNC(=O)C(CCCCN)NC(=O)C(N)Cc1c[nH]c2ccccc12)C(=O)O. The highest BCUT2D eigenvalue weighted by Gasteiger charge is 2.27. The number of carboxylic acids is 1. The molecule has 2 aromatic rings. The summed E-state index contributed by atoms with van der Waals surface area (Å²) in [6.07, 6.45) is 4.23. The molecule has 0 saturated carbocycles. The Morgan fingerprint density at radius 1 is 1.08 bits per heavy atom. The lowest BCUT2D eigenvalue weighted by Gasteiger charge is -2.22. The summed E-state index contributed by atoms with van der Waals surface area (Å²) in [4.78, 5) is 52.5. The van der Waals surface area contributed by atoms with Crippen LogP contribution < -0.4 is 27.4 Å². The van der Waals surface area contributed by atoms with Crippen molar-refractivity contribution in [3.63, 3.8) is 0 Å². The molecule has 9 N–H and O–H groups in total. The van der Waals surface area contributed by atoms with Crippen molar-refractivity contribution in [2.45, 2.75) is 64.1 Å². The molecule has 0 spiro atoms. The summed E-state index contributed by atoms with van der Waals surface area (Å²) in [5, 5.41) is 17.9. The van der Waals surface area contributed by atoms with Crippen molar-refractivity contribution >= 4 is 34.6 Å². The molecule has 0 bridgehead atoms. The van der Waals surface area contributed by atoms with Gasteiger partial charge in [-0.3, -0.25) is 14.4 Å². The van der Waals surface area contributed by atoms with E-state index in [1.54, 1.807) is 6.92 Å². The number of aromatic nitrogens is 1. The van der Waals surface area contributed by atoms with Crippen molar-refractivity contribution in [1.29, 1.82) is 0 Å². The van der Waals surface area contributed by atoms with E-state index in [2.05, 4.69) is 20.9 Å². The largest absolute Gasteiger partial charge is 0.480 e. The van der Waals surface area contributed by atoms with Gasteiger partial charge in [-0.25, -0.2) is 4.79 Å². The van der Waals surface area contributed by atoms with Crippen LogP contribution in [-0.4, -0.2) is 65.0 Å². The highest BCUT2D eigenvalue weighted by Crippen LogP contribution is 2.19. The molecule has 0 fully saturated rings. The summed E-state index contributed by atoms with van der Waals surface area (Å²) >= 11 is 0. The topological polar surface area (TPSA) is 192 Å². The van der Waals surface area contributed by atoms with Crippen LogP contribution in [0, 0.1) is 5.92 Å². The Bertz CT molecular complexity index is 1040. The third-order valence-corrected chi connectivity index (χ3v) is 6.25. The maximum atomic E-state index is 12.8. The predicted octanol–water partition coefficient (Wildman–Crippen LogP) is 0.383. The van der Waals surface area contributed by atoms with E-state index in [0.29, 0.717) is 32.2 Å². The zero-order valence-corrected chi connectivity index (χ0v) is 20.9. The molecule has 0 saturated heterocycles. The number of amides is 3. The second-order valence-electron chi connectivity index (χ2n) is 9.00. The molecule has 0 aliphatic carbocycles. The molecule has 1 aromatic carbocycles. The average molecular weight is 503 g/mol. The maximum Gasteiger partial charge on any atom is 0.326 e. The zero-order valence-electron chi connectivity index (χ0n) is 20.9. The molecule has 1 heterocycles. The van der Waals surface area contributed by atoms with Gasteiger partial charge in [-0.2, -0.15) is 0 Å². The number of para-hydroxylation sites is 1. The van der Waals surface area contributed by atoms with Gasteiger partial charge in [0.15, 0.2) is 0 Å². The number of H-pyrrole nitrogens is 1. The fourth-order valence-electron chi connectivity index (χ4n) is 3.87. The maximum absolute atomic E-state index is 12.8. The van der Waals surface area contributed by atoms with Crippen molar-refractivity contribution < 1.29 is 24.3 Å². The zero-order chi connectivity index (χ0) is 26.7. The van der Waals surface area contributed by atoms with Gasteiger partial charge in [-0.1, -0.05) is 38.5 Å². The van der Waals surface area contributed by atoms with Gasteiger partial charge in [0.2, 0.25) is 17.7 Å². The highest BCUT2D eigenvalue weighted by molar-refractivity contribution is 5.93. The molecular formula is C25H38N6O5. The number of hydrogen-bond donors (Lipinski definition) is 7. The Labute approximate surface area is 210 Å². The molecule has 0 radical (unpaired) electrons. The lowest BCUT2D eigenvalue weighted by atomic mass is 9.99. The third-order valence-electron chi connectivity index (χ3n) is 6.25. The molecule has 1 aromatic heterocycles. The van der Waals surface area contributed by atoms with Crippen molar-refractivity contribution in [3.05, 3.63) is 36.0 Å². The number of hydrogen-bond acceptors (Lipinski definition) is 6. The normalized spacial score (nSPS) is 14.4. The number of carbonyl (C=O) groups excluding carboxylic acids is 3. The summed E-state index contributed by atoms with van der Waals surface area (Å²) < 4.78 is 0. The number of fused-ring (bicyclic) bond motifs is 1. The lowest BCUT2D eigenvalue weighted by molar-refractivity contribution is -0.143. The number of nitrogens with one attached hydrogen (secondary N) is 4. The summed E-state index contributed by atoms with van der Waals surface area (Å²) in [6.45, 7) is 3.58. The van der Waals surface area contributed by atoms with Gasteiger partial charge >= 0.3 is 5.97 Å². The van der Waals surface area contributed by atoms with E-state index in [1.165, 1.54) is 0 Å². The molecule has 2 rings (SSSR count). The van der Waals surface area contributed by atoms with Gasteiger partial charge in [0.05, 0.1) is 12.6 Å². The number of aromatic amines is 1.